The Morgan fingerprint density at radius 2 is 1.76 bits per heavy atom. The average Bonchev–Trinajstić information content (AvgIpc) is 3.29. The average molecular weight is 456 g/mol. The molecule has 5 heteroatoms. The number of fused-ring (bicyclic) bond motifs is 3. The Bertz CT molecular complexity index is 1310. The predicted molar refractivity (Wildman–Crippen MR) is 136 cm³/mol. The number of Topliss-reactive ketones (excluding diaryl/α,β-unsaturated/α-hetero) is 1. The van der Waals surface area contributed by atoms with Crippen LogP contribution in [0.5, 0.6) is 17.2 Å². The van der Waals surface area contributed by atoms with Crippen LogP contribution in [0.25, 0.3) is 16.3 Å². The number of ketones is 1. The smallest absolute Gasteiger partial charge is 0.165 e. The molecule has 0 bridgehead atoms. The highest BCUT2D eigenvalue weighted by Gasteiger charge is 2.29. The molecular weight excluding hydrogens is 426 g/mol. The third kappa shape index (κ3) is 4.18. The number of aliphatic imine (C=N–C) groups is 1. The summed E-state index contributed by atoms with van der Waals surface area (Å²) in [6.45, 7) is 2.42. The Morgan fingerprint density at radius 1 is 0.941 bits per heavy atom. The van der Waals surface area contributed by atoms with E-state index in [1.807, 2.05) is 25.3 Å². The Hall–Kier alpha value is -3.60. The van der Waals surface area contributed by atoms with Crippen molar-refractivity contribution in [3.63, 3.8) is 0 Å². The van der Waals surface area contributed by atoms with Gasteiger partial charge in [-0.25, -0.2) is 0 Å². The lowest BCUT2D eigenvalue weighted by Gasteiger charge is -2.13. The summed E-state index contributed by atoms with van der Waals surface area (Å²) in [7, 11) is 3.29. The molecule has 0 spiro atoms. The lowest BCUT2D eigenvalue weighted by Crippen LogP contribution is -2.10. The maximum Gasteiger partial charge on any atom is 0.165 e. The minimum atomic E-state index is 0.0953. The lowest BCUT2D eigenvalue weighted by atomic mass is 9.91. The van der Waals surface area contributed by atoms with E-state index in [9.17, 15) is 4.79 Å². The van der Waals surface area contributed by atoms with Gasteiger partial charge in [-0.1, -0.05) is 24.3 Å². The van der Waals surface area contributed by atoms with Crippen molar-refractivity contribution in [2.24, 2.45) is 16.8 Å². The summed E-state index contributed by atoms with van der Waals surface area (Å²) in [5, 5.41) is 2.35. The van der Waals surface area contributed by atoms with Crippen LogP contribution in [0.15, 0.2) is 59.6 Å². The fraction of sp³-hybridized carbons (Fsp3) is 0.310. The first-order valence-corrected chi connectivity index (χ1v) is 11.8. The first-order chi connectivity index (χ1) is 16.6. The molecule has 1 unspecified atom stereocenters. The standard InChI is InChI=1S/C29H29NO4/c1-4-34-29-15-25-26(16-28(29)33-3)30-17-23-13-22(12-20(23)8-10-27(25)31)19-5-6-21-14-24(32-2)9-7-18(21)11-19/h5-7,9,11-12,14-17,20,23H,4,8,10,13H2,1-3H3/b30-17-/t20?,23-/m0/s1. The number of benzene rings is 3. The molecule has 0 fully saturated rings. The third-order valence-corrected chi connectivity index (χ3v) is 6.83. The fourth-order valence-corrected chi connectivity index (χ4v) is 5.00. The third-order valence-electron chi connectivity index (χ3n) is 6.83. The van der Waals surface area contributed by atoms with Crippen LogP contribution in [-0.2, 0) is 0 Å². The Balaban J connectivity index is 1.44. The molecule has 2 aliphatic rings. The highest BCUT2D eigenvalue weighted by Crippen LogP contribution is 2.42. The van der Waals surface area contributed by atoms with Crippen LogP contribution in [-0.4, -0.2) is 32.8 Å². The van der Waals surface area contributed by atoms with Gasteiger partial charge in [0, 0.05) is 30.2 Å². The van der Waals surface area contributed by atoms with Gasteiger partial charge in [-0.15, -0.1) is 0 Å². The molecule has 34 heavy (non-hydrogen) atoms. The number of allylic oxidation sites excluding steroid dienone is 2. The van der Waals surface area contributed by atoms with Gasteiger partial charge in [0.15, 0.2) is 17.3 Å². The van der Waals surface area contributed by atoms with E-state index in [0.717, 1.165) is 24.0 Å². The van der Waals surface area contributed by atoms with Crippen LogP contribution in [0.2, 0.25) is 0 Å². The summed E-state index contributed by atoms with van der Waals surface area (Å²) >= 11 is 0. The van der Waals surface area contributed by atoms with E-state index < -0.39 is 0 Å². The van der Waals surface area contributed by atoms with E-state index in [1.54, 1.807) is 20.3 Å². The largest absolute Gasteiger partial charge is 0.497 e. The lowest BCUT2D eigenvalue weighted by molar-refractivity contribution is 0.0975. The SMILES string of the molecule is CCOc1cc2c(cc1OC)/N=C\[C@@H]1CC(c3ccc4cc(OC)ccc4c3)=CC1CCC2=O. The molecule has 0 N–H and O–H groups in total. The summed E-state index contributed by atoms with van der Waals surface area (Å²) in [4.78, 5) is 17.9. The topological polar surface area (TPSA) is 57.1 Å². The second-order valence-electron chi connectivity index (χ2n) is 8.84. The molecule has 0 saturated heterocycles. The van der Waals surface area contributed by atoms with Crippen molar-refractivity contribution in [2.45, 2.75) is 26.2 Å². The molecule has 0 radical (unpaired) electrons. The molecule has 174 valence electrons. The van der Waals surface area contributed by atoms with Crippen LogP contribution in [0.3, 0.4) is 0 Å². The number of carbonyl (C=O) groups excluding carboxylic acids is 1. The minimum absolute atomic E-state index is 0.0953. The molecule has 5 nitrogen and oxygen atoms in total. The zero-order chi connectivity index (χ0) is 23.7. The summed E-state index contributed by atoms with van der Waals surface area (Å²) in [5.74, 6) is 2.69. The molecule has 0 aromatic heterocycles. The second kappa shape index (κ2) is 9.34. The van der Waals surface area contributed by atoms with E-state index in [0.29, 0.717) is 35.8 Å². The van der Waals surface area contributed by atoms with Gasteiger partial charge < -0.3 is 14.2 Å². The molecule has 1 aliphatic heterocycles. The Kier molecular flexibility index (Phi) is 6.10. The first kappa shape index (κ1) is 22.2. The number of hydrogen-bond acceptors (Lipinski definition) is 5. The molecule has 1 aliphatic carbocycles. The van der Waals surface area contributed by atoms with Crippen LogP contribution >= 0.6 is 0 Å². The highest BCUT2D eigenvalue weighted by atomic mass is 16.5. The van der Waals surface area contributed by atoms with Crippen LogP contribution in [0.4, 0.5) is 5.69 Å². The molecule has 5 rings (SSSR count). The zero-order valence-electron chi connectivity index (χ0n) is 19.8. The van der Waals surface area contributed by atoms with E-state index in [4.69, 9.17) is 19.2 Å². The van der Waals surface area contributed by atoms with Gasteiger partial charge in [-0.3, -0.25) is 9.79 Å². The number of carbonyl (C=O) groups is 1. The Labute approximate surface area is 200 Å². The van der Waals surface area contributed by atoms with Crippen molar-refractivity contribution in [1.29, 1.82) is 0 Å². The Morgan fingerprint density at radius 3 is 2.56 bits per heavy atom. The second-order valence-corrected chi connectivity index (χ2v) is 8.84. The summed E-state index contributed by atoms with van der Waals surface area (Å²) in [5.41, 5.74) is 3.80. The molecule has 3 aromatic carbocycles. The number of ether oxygens (including phenoxy) is 3. The number of hydrogen-bond donors (Lipinski definition) is 0. The summed E-state index contributed by atoms with van der Waals surface area (Å²) in [6.07, 6.45) is 6.57. The predicted octanol–water partition coefficient (Wildman–Crippen LogP) is 6.65. The van der Waals surface area contributed by atoms with Crippen molar-refractivity contribution in [2.75, 3.05) is 20.8 Å². The molecule has 1 heterocycles. The summed E-state index contributed by atoms with van der Waals surface area (Å²) < 4.78 is 16.5. The molecule has 0 amide bonds. The molecular formula is C29H29NO4. The van der Waals surface area contributed by atoms with Crippen LogP contribution < -0.4 is 14.2 Å². The number of rotatable bonds is 5. The van der Waals surface area contributed by atoms with Crippen LogP contribution in [0.1, 0.15) is 42.1 Å². The van der Waals surface area contributed by atoms with Gasteiger partial charge in [0.1, 0.15) is 5.75 Å². The molecule has 2 atom stereocenters. The minimum Gasteiger partial charge on any atom is -0.497 e. The number of nitrogens with zero attached hydrogens (tertiary/aromatic N) is 1. The van der Waals surface area contributed by atoms with Crippen molar-refractivity contribution < 1.29 is 19.0 Å². The number of methoxy groups -OCH3 is 2. The van der Waals surface area contributed by atoms with E-state index in [-0.39, 0.29) is 17.6 Å². The molecule has 0 saturated carbocycles. The normalized spacial score (nSPS) is 20.4. The van der Waals surface area contributed by atoms with Crippen molar-refractivity contribution in [3.8, 4) is 17.2 Å². The summed E-state index contributed by atoms with van der Waals surface area (Å²) in [6, 6.07) is 16.3. The maximum absolute atomic E-state index is 13.1. The van der Waals surface area contributed by atoms with Crippen molar-refractivity contribution >= 4 is 34.0 Å². The van der Waals surface area contributed by atoms with E-state index in [1.165, 1.54) is 16.5 Å². The first-order valence-electron chi connectivity index (χ1n) is 11.8. The monoisotopic (exact) mass is 455 g/mol. The quantitative estimate of drug-likeness (QED) is 0.432. The van der Waals surface area contributed by atoms with Gasteiger partial charge in [0.25, 0.3) is 0 Å². The van der Waals surface area contributed by atoms with E-state index >= 15 is 0 Å². The van der Waals surface area contributed by atoms with Gasteiger partial charge in [-0.05, 0) is 71.9 Å². The van der Waals surface area contributed by atoms with Gasteiger partial charge >= 0.3 is 0 Å². The maximum atomic E-state index is 13.1. The van der Waals surface area contributed by atoms with Gasteiger partial charge in [0.2, 0.25) is 0 Å². The van der Waals surface area contributed by atoms with Crippen molar-refractivity contribution in [3.05, 3.63) is 65.7 Å². The van der Waals surface area contributed by atoms with E-state index in [2.05, 4.69) is 36.4 Å². The highest BCUT2D eigenvalue weighted by molar-refractivity contribution is 6.02. The van der Waals surface area contributed by atoms with Crippen LogP contribution in [0, 0.1) is 11.8 Å². The molecule has 3 aromatic rings. The zero-order valence-corrected chi connectivity index (χ0v) is 19.8. The fourth-order valence-electron chi connectivity index (χ4n) is 5.00. The van der Waals surface area contributed by atoms with Crippen molar-refractivity contribution in [1.82, 2.24) is 0 Å². The van der Waals surface area contributed by atoms with Gasteiger partial charge in [0.05, 0.1) is 26.5 Å². The van der Waals surface area contributed by atoms with Gasteiger partial charge in [-0.2, -0.15) is 0 Å².